The molecule has 8 nitrogen and oxygen atoms in total. The van der Waals surface area contributed by atoms with E-state index < -0.39 is 5.97 Å². The van der Waals surface area contributed by atoms with Crippen LogP contribution in [0.5, 0.6) is 0 Å². The van der Waals surface area contributed by atoms with Crippen LogP contribution in [0.3, 0.4) is 0 Å². The molecule has 0 unspecified atom stereocenters. The number of hydrogen-bond donors (Lipinski definition) is 1. The van der Waals surface area contributed by atoms with Crippen LogP contribution in [0.4, 0.5) is 0 Å². The number of ether oxygens (including phenoxy) is 1. The molecule has 1 aromatic carbocycles. The molecule has 42 heavy (non-hydrogen) atoms. The molecule has 2 aliphatic rings. The van der Waals surface area contributed by atoms with Crippen LogP contribution >= 0.6 is 11.3 Å². The molecule has 1 aliphatic carbocycles. The first-order chi connectivity index (χ1) is 20.4. The van der Waals surface area contributed by atoms with Gasteiger partial charge in [0.25, 0.3) is 0 Å². The molecule has 218 valence electrons. The van der Waals surface area contributed by atoms with Crippen molar-refractivity contribution in [2.75, 3.05) is 26.3 Å². The maximum atomic E-state index is 13.5. The van der Waals surface area contributed by atoms with Crippen molar-refractivity contribution >= 4 is 40.2 Å². The largest absolute Gasteiger partial charge is 0.478 e. The van der Waals surface area contributed by atoms with Crippen molar-refractivity contribution in [3.8, 4) is 21.8 Å². The summed E-state index contributed by atoms with van der Waals surface area (Å²) in [5.41, 5.74) is 6.46. The Morgan fingerprint density at radius 2 is 1.86 bits per heavy atom. The number of carboxylic acids is 1. The quantitative estimate of drug-likeness (QED) is 0.251. The zero-order valence-corrected chi connectivity index (χ0v) is 25.0. The van der Waals surface area contributed by atoms with Crippen LogP contribution in [0, 0.1) is 13.8 Å². The number of amides is 1. The Bertz CT molecular complexity index is 1660. The zero-order valence-electron chi connectivity index (χ0n) is 24.1. The zero-order chi connectivity index (χ0) is 29.2. The summed E-state index contributed by atoms with van der Waals surface area (Å²) in [4.78, 5) is 37.5. The first-order valence-electron chi connectivity index (χ1n) is 14.7. The fourth-order valence-corrected chi connectivity index (χ4v) is 7.18. The lowest BCUT2D eigenvalue weighted by atomic mass is 9.94. The number of aromatic nitrogens is 3. The molecular weight excluding hydrogens is 548 g/mol. The van der Waals surface area contributed by atoms with Crippen LogP contribution in [0.2, 0.25) is 0 Å². The highest BCUT2D eigenvalue weighted by Gasteiger charge is 2.27. The van der Waals surface area contributed by atoms with Crippen molar-refractivity contribution in [1.82, 2.24) is 19.4 Å². The smallest absolute Gasteiger partial charge is 0.328 e. The second-order valence-electron chi connectivity index (χ2n) is 11.2. The van der Waals surface area contributed by atoms with E-state index in [0.29, 0.717) is 32.3 Å². The number of aryl methyl sites for hydroxylation is 2. The van der Waals surface area contributed by atoms with Crippen LogP contribution in [0.1, 0.15) is 60.0 Å². The number of pyridine rings is 1. The molecule has 0 atom stereocenters. The van der Waals surface area contributed by atoms with E-state index in [1.54, 1.807) is 17.4 Å². The van der Waals surface area contributed by atoms with Gasteiger partial charge < -0.3 is 19.3 Å². The van der Waals surface area contributed by atoms with Gasteiger partial charge in [-0.3, -0.25) is 4.79 Å². The van der Waals surface area contributed by atoms with Gasteiger partial charge in [-0.25, -0.2) is 14.8 Å². The van der Waals surface area contributed by atoms with E-state index in [9.17, 15) is 14.7 Å². The van der Waals surface area contributed by atoms with E-state index in [4.69, 9.17) is 9.72 Å². The van der Waals surface area contributed by atoms with Crippen LogP contribution in [0.25, 0.3) is 38.8 Å². The number of nitrogens with zero attached hydrogens (tertiary/aromatic N) is 4. The second kappa shape index (κ2) is 12.2. The van der Waals surface area contributed by atoms with Gasteiger partial charge in [-0.2, -0.15) is 0 Å². The molecule has 4 aromatic rings. The number of morpholine rings is 1. The lowest BCUT2D eigenvalue weighted by molar-refractivity contribution is -0.134. The van der Waals surface area contributed by atoms with E-state index in [1.807, 2.05) is 18.7 Å². The summed E-state index contributed by atoms with van der Waals surface area (Å²) in [6.45, 7) is 6.24. The van der Waals surface area contributed by atoms with Gasteiger partial charge in [0.2, 0.25) is 5.91 Å². The molecule has 9 heteroatoms. The third-order valence-electron chi connectivity index (χ3n) is 8.33. The average molecular weight is 585 g/mol. The van der Waals surface area contributed by atoms with Gasteiger partial charge in [0.1, 0.15) is 0 Å². The van der Waals surface area contributed by atoms with Gasteiger partial charge in [0.05, 0.1) is 52.1 Å². The summed E-state index contributed by atoms with van der Waals surface area (Å²) in [6, 6.07) is 10.7. The lowest BCUT2D eigenvalue weighted by Gasteiger charge is -2.28. The molecule has 0 spiro atoms. The summed E-state index contributed by atoms with van der Waals surface area (Å²) >= 11 is 1.65. The maximum Gasteiger partial charge on any atom is 0.328 e. The number of fused-ring (bicyclic) bond motifs is 1. The normalized spacial score (nSPS) is 16.5. The van der Waals surface area contributed by atoms with Gasteiger partial charge in [-0.1, -0.05) is 31.4 Å². The number of carbonyl (C=O) groups excluding carboxylic acids is 1. The van der Waals surface area contributed by atoms with E-state index in [2.05, 4.69) is 46.1 Å². The van der Waals surface area contributed by atoms with Gasteiger partial charge >= 0.3 is 5.97 Å². The standard InChI is InChI=1S/C33H36N4O4S/c1-21-33(42-22(2)34-21)29-12-8-23-18-24(9-11-28(23)35-29)32-27(19-30(38)36-14-16-41-17-15-36)25(10-13-31(39)40)20-37(32)26-6-4-3-5-7-26/h8-13,18,20,26H,3-7,14-17,19H2,1-2H3,(H,39,40). The fourth-order valence-electron chi connectivity index (χ4n) is 6.29. The second-order valence-corrected chi connectivity index (χ2v) is 12.4. The van der Waals surface area contributed by atoms with Gasteiger partial charge in [0, 0.05) is 36.8 Å². The van der Waals surface area contributed by atoms with Crippen LogP contribution in [-0.4, -0.2) is 62.7 Å². The predicted molar refractivity (Wildman–Crippen MR) is 166 cm³/mol. The minimum atomic E-state index is -1.01. The van der Waals surface area contributed by atoms with E-state index >= 15 is 0 Å². The molecule has 1 saturated heterocycles. The molecule has 1 amide bonds. The Hall–Kier alpha value is -3.82. The summed E-state index contributed by atoms with van der Waals surface area (Å²) in [5, 5.41) is 11.5. The van der Waals surface area contributed by atoms with Crippen molar-refractivity contribution in [3.05, 3.63) is 64.4 Å². The number of carboxylic acid groups (broad SMARTS) is 1. The van der Waals surface area contributed by atoms with Crippen LogP contribution in [-0.2, 0) is 20.7 Å². The summed E-state index contributed by atoms with van der Waals surface area (Å²) in [7, 11) is 0. The molecular formula is C33H36N4O4S. The third-order valence-corrected chi connectivity index (χ3v) is 9.43. The number of benzene rings is 1. The van der Waals surface area contributed by atoms with E-state index in [0.717, 1.165) is 80.2 Å². The van der Waals surface area contributed by atoms with Crippen LogP contribution in [0.15, 0.2) is 42.6 Å². The predicted octanol–water partition coefficient (Wildman–Crippen LogP) is 6.45. The minimum Gasteiger partial charge on any atom is -0.478 e. The number of carbonyl (C=O) groups is 2. The Balaban J connectivity index is 1.46. The number of thiazole rings is 1. The SMILES string of the molecule is Cc1nc(C)c(-c2ccc3cc(-c4c(CC(=O)N5CCOCC5)c(C=CC(=O)O)cn4C4CCCCC4)ccc3n2)s1. The van der Waals surface area contributed by atoms with E-state index in [1.165, 1.54) is 12.5 Å². The molecule has 4 heterocycles. The first kappa shape index (κ1) is 28.3. The highest BCUT2D eigenvalue weighted by Crippen LogP contribution is 2.39. The average Bonchev–Trinajstić information content (AvgIpc) is 3.54. The molecule has 6 rings (SSSR count). The summed E-state index contributed by atoms with van der Waals surface area (Å²) in [6.07, 6.45) is 10.7. The number of rotatable bonds is 7. The minimum absolute atomic E-state index is 0.0354. The van der Waals surface area contributed by atoms with Crippen LogP contribution < -0.4 is 0 Å². The molecule has 3 aromatic heterocycles. The Labute approximate surface area is 249 Å². The van der Waals surface area contributed by atoms with Crippen molar-refractivity contribution in [2.45, 2.75) is 58.4 Å². The Kier molecular flexibility index (Phi) is 8.22. The Morgan fingerprint density at radius 1 is 1.07 bits per heavy atom. The Morgan fingerprint density at radius 3 is 2.57 bits per heavy atom. The van der Waals surface area contributed by atoms with Gasteiger partial charge in [-0.05, 0) is 67.7 Å². The fraction of sp³-hybridized carbons (Fsp3) is 0.394. The molecule has 2 fully saturated rings. The van der Waals surface area contributed by atoms with Crippen molar-refractivity contribution in [1.29, 1.82) is 0 Å². The number of aliphatic carboxylic acids is 1. The number of hydrogen-bond acceptors (Lipinski definition) is 6. The van der Waals surface area contributed by atoms with Gasteiger partial charge in [0.15, 0.2) is 0 Å². The molecule has 0 radical (unpaired) electrons. The van der Waals surface area contributed by atoms with Crippen molar-refractivity contribution in [2.24, 2.45) is 0 Å². The van der Waals surface area contributed by atoms with Gasteiger partial charge in [-0.15, -0.1) is 11.3 Å². The lowest BCUT2D eigenvalue weighted by Crippen LogP contribution is -2.41. The first-order valence-corrected chi connectivity index (χ1v) is 15.5. The van der Waals surface area contributed by atoms with Crippen molar-refractivity contribution in [3.63, 3.8) is 0 Å². The summed E-state index contributed by atoms with van der Waals surface area (Å²) < 4.78 is 7.78. The molecule has 1 saturated carbocycles. The molecule has 1 N–H and O–H groups in total. The maximum absolute atomic E-state index is 13.5. The topological polar surface area (TPSA) is 97.5 Å². The highest BCUT2D eigenvalue weighted by atomic mass is 32.1. The van der Waals surface area contributed by atoms with Crippen molar-refractivity contribution < 1.29 is 19.4 Å². The summed E-state index contributed by atoms with van der Waals surface area (Å²) in [5.74, 6) is -0.973. The third kappa shape index (κ3) is 5.89. The molecule has 0 bridgehead atoms. The van der Waals surface area contributed by atoms with E-state index in [-0.39, 0.29) is 12.3 Å². The highest BCUT2D eigenvalue weighted by molar-refractivity contribution is 7.15. The molecule has 1 aliphatic heterocycles. The monoisotopic (exact) mass is 584 g/mol.